The highest BCUT2D eigenvalue weighted by atomic mass is 35.5. The summed E-state index contributed by atoms with van der Waals surface area (Å²) in [5.74, 6) is 0. The highest BCUT2D eigenvalue weighted by Crippen LogP contribution is 2.21. The van der Waals surface area contributed by atoms with E-state index in [2.05, 4.69) is 11.1 Å². The Balaban J connectivity index is 2.45. The van der Waals surface area contributed by atoms with Gasteiger partial charge in [-0.25, -0.2) is 0 Å². The zero-order valence-corrected chi connectivity index (χ0v) is 9.72. The van der Waals surface area contributed by atoms with Gasteiger partial charge in [0.05, 0.1) is 11.3 Å². The molecule has 0 fully saturated rings. The van der Waals surface area contributed by atoms with Crippen LogP contribution in [0.3, 0.4) is 0 Å². The third-order valence-corrected chi connectivity index (χ3v) is 2.61. The number of aromatic nitrogens is 1. The Morgan fingerprint density at radius 2 is 1.94 bits per heavy atom. The van der Waals surface area contributed by atoms with Crippen LogP contribution < -0.4 is 0 Å². The summed E-state index contributed by atoms with van der Waals surface area (Å²) in [5, 5.41) is 9.75. The minimum atomic E-state index is 0.499. The second-order valence-electron chi connectivity index (χ2n) is 3.41. The Kier molecular flexibility index (Phi) is 3.54. The molecule has 1 aromatic heterocycles. The van der Waals surface area contributed by atoms with Crippen LogP contribution in [0.15, 0.2) is 48.7 Å². The highest BCUT2D eigenvalue weighted by Gasteiger charge is 2.03. The van der Waals surface area contributed by atoms with Gasteiger partial charge < -0.3 is 0 Å². The molecule has 0 spiro atoms. The predicted octanol–water partition coefficient (Wildman–Crippen LogP) is 3.80. The number of nitriles is 1. The van der Waals surface area contributed by atoms with E-state index < -0.39 is 0 Å². The van der Waals surface area contributed by atoms with Gasteiger partial charge in [-0.2, -0.15) is 5.26 Å². The molecule has 82 valence electrons. The van der Waals surface area contributed by atoms with Gasteiger partial charge >= 0.3 is 0 Å². The van der Waals surface area contributed by atoms with Gasteiger partial charge in [0.25, 0.3) is 0 Å². The van der Waals surface area contributed by atoms with Crippen molar-refractivity contribution in [3.05, 3.63) is 64.9 Å². The van der Waals surface area contributed by atoms with E-state index in [0.29, 0.717) is 16.3 Å². The van der Waals surface area contributed by atoms with E-state index >= 15 is 0 Å². The van der Waals surface area contributed by atoms with E-state index in [4.69, 9.17) is 16.9 Å². The molecule has 2 aromatic rings. The zero-order valence-electron chi connectivity index (χ0n) is 8.97. The van der Waals surface area contributed by atoms with Crippen molar-refractivity contribution in [3.8, 4) is 6.07 Å². The minimum absolute atomic E-state index is 0.499. The molecule has 0 bridgehead atoms. The minimum Gasteiger partial charge on any atom is -0.256 e. The number of halogens is 1. The summed E-state index contributed by atoms with van der Waals surface area (Å²) in [6.07, 6.45) is 3.40. The highest BCUT2D eigenvalue weighted by molar-refractivity contribution is 6.32. The van der Waals surface area contributed by atoms with Crippen molar-refractivity contribution in [3.63, 3.8) is 0 Å². The summed E-state index contributed by atoms with van der Waals surface area (Å²) >= 11 is 6.04. The molecule has 0 aliphatic carbocycles. The first-order valence-electron chi connectivity index (χ1n) is 5.09. The molecular weight excluding hydrogens is 232 g/mol. The van der Waals surface area contributed by atoms with Crippen LogP contribution in [0.5, 0.6) is 0 Å². The smallest absolute Gasteiger partial charge is 0.101 e. The number of benzene rings is 1. The predicted molar refractivity (Wildman–Crippen MR) is 69.2 cm³/mol. The van der Waals surface area contributed by atoms with Crippen LogP contribution in [0.25, 0.3) is 11.6 Å². The second kappa shape index (κ2) is 5.29. The molecule has 0 unspecified atom stereocenters. The third-order valence-electron chi connectivity index (χ3n) is 2.27. The molecule has 0 atom stereocenters. The van der Waals surface area contributed by atoms with Gasteiger partial charge in [0.1, 0.15) is 6.07 Å². The summed E-state index contributed by atoms with van der Waals surface area (Å²) in [6.45, 7) is 0. The van der Waals surface area contributed by atoms with Crippen molar-refractivity contribution in [1.82, 2.24) is 4.98 Å². The van der Waals surface area contributed by atoms with Crippen LogP contribution >= 0.6 is 11.6 Å². The van der Waals surface area contributed by atoms with Crippen LogP contribution in [0.4, 0.5) is 0 Å². The Bertz CT molecular complexity index is 583. The van der Waals surface area contributed by atoms with Gasteiger partial charge in [0, 0.05) is 11.2 Å². The second-order valence-corrected chi connectivity index (χ2v) is 3.81. The Hall–Kier alpha value is -2.11. The molecular formula is C14H9ClN2. The molecule has 0 aliphatic rings. The standard InChI is InChI=1S/C14H9ClN2/c15-13-6-2-1-5-11(13)9-12(10-16)14-7-3-4-8-17-14/h1-9H/b12-9+. The quantitative estimate of drug-likeness (QED) is 0.749. The van der Waals surface area contributed by atoms with E-state index in [1.54, 1.807) is 24.4 Å². The lowest BCUT2D eigenvalue weighted by atomic mass is 10.1. The number of nitrogens with zero attached hydrogens (tertiary/aromatic N) is 2. The van der Waals surface area contributed by atoms with E-state index in [0.717, 1.165) is 5.56 Å². The maximum Gasteiger partial charge on any atom is 0.101 e. The number of rotatable bonds is 2. The van der Waals surface area contributed by atoms with Gasteiger partial charge in [-0.1, -0.05) is 35.9 Å². The molecule has 0 saturated carbocycles. The molecule has 17 heavy (non-hydrogen) atoms. The van der Waals surface area contributed by atoms with Gasteiger partial charge in [0.15, 0.2) is 0 Å². The molecule has 2 nitrogen and oxygen atoms in total. The fourth-order valence-corrected chi connectivity index (χ4v) is 1.62. The van der Waals surface area contributed by atoms with Crippen molar-refractivity contribution < 1.29 is 0 Å². The average molecular weight is 241 g/mol. The Labute approximate surface area is 105 Å². The fraction of sp³-hybridized carbons (Fsp3) is 0. The molecule has 0 amide bonds. The van der Waals surface area contributed by atoms with Crippen molar-refractivity contribution in [1.29, 1.82) is 5.26 Å². The summed E-state index contributed by atoms with van der Waals surface area (Å²) in [5.41, 5.74) is 1.96. The lowest BCUT2D eigenvalue weighted by Gasteiger charge is -2.00. The van der Waals surface area contributed by atoms with Crippen LogP contribution in [0.2, 0.25) is 5.02 Å². The first-order valence-corrected chi connectivity index (χ1v) is 5.47. The van der Waals surface area contributed by atoms with Crippen LogP contribution in [0.1, 0.15) is 11.3 Å². The molecule has 1 aromatic carbocycles. The first-order chi connectivity index (χ1) is 8.31. The largest absolute Gasteiger partial charge is 0.256 e. The SMILES string of the molecule is N#C/C(=C\c1ccccc1Cl)c1ccccn1. The lowest BCUT2D eigenvalue weighted by molar-refractivity contribution is 1.28. The number of allylic oxidation sites excluding steroid dienone is 1. The van der Waals surface area contributed by atoms with E-state index in [1.807, 2.05) is 30.3 Å². The Morgan fingerprint density at radius 1 is 1.18 bits per heavy atom. The van der Waals surface area contributed by atoms with E-state index in [-0.39, 0.29) is 0 Å². The summed E-state index contributed by atoms with van der Waals surface area (Å²) in [4.78, 5) is 4.14. The molecule has 3 heteroatoms. The van der Waals surface area contributed by atoms with Gasteiger partial charge in [-0.05, 0) is 29.8 Å². The van der Waals surface area contributed by atoms with Gasteiger partial charge in [-0.15, -0.1) is 0 Å². The van der Waals surface area contributed by atoms with Gasteiger partial charge in [0.2, 0.25) is 0 Å². The first kappa shape index (κ1) is 11.4. The summed E-state index contributed by atoms with van der Waals surface area (Å²) in [6, 6.07) is 15.0. The van der Waals surface area contributed by atoms with Gasteiger partial charge in [-0.3, -0.25) is 4.98 Å². The van der Waals surface area contributed by atoms with Crippen molar-refractivity contribution in [2.45, 2.75) is 0 Å². The number of hydrogen-bond donors (Lipinski definition) is 0. The van der Waals surface area contributed by atoms with E-state index in [9.17, 15) is 0 Å². The molecule has 0 radical (unpaired) electrons. The molecule has 0 saturated heterocycles. The maximum absolute atomic E-state index is 9.13. The monoisotopic (exact) mass is 240 g/mol. The third kappa shape index (κ3) is 2.72. The molecule has 0 aliphatic heterocycles. The lowest BCUT2D eigenvalue weighted by Crippen LogP contribution is -1.86. The van der Waals surface area contributed by atoms with E-state index in [1.165, 1.54) is 0 Å². The average Bonchev–Trinajstić information content (AvgIpc) is 2.39. The maximum atomic E-state index is 9.13. The fourth-order valence-electron chi connectivity index (χ4n) is 1.43. The van der Waals surface area contributed by atoms with Crippen LogP contribution in [-0.2, 0) is 0 Å². The molecule has 0 N–H and O–H groups in total. The van der Waals surface area contributed by atoms with Crippen LogP contribution in [-0.4, -0.2) is 4.98 Å². The van der Waals surface area contributed by atoms with Crippen molar-refractivity contribution >= 4 is 23.3 Å². The molecule has 2 rings (SSSR count). The van der Waals surface area contributed by atoms with Crippen LogP contribution in [0, 0.1) is 11.3 Å². The number of pyridine rings is 1. The topological polar surface area (TPSA) is 36.7 Å². The summed E-state index contributed by atoms with van der Waals surface area (Å²) < 4.78 is 0. The van der Waals surface area contributed by atoms with Crippen molar-refractivity contribution in [2.75, 3.05) is 0 Å². The summed E-state index contributed by atoms with van der Waals surface area (Å²) in [7, 11) is 0. The normalized spacial score (nSPS) is 10.9. The zero-order chi connectivity index (χ0) is 12.1. The molecule has 1 heterocycles. The Morgan fingerprint density at radius 3 is 2.59 bits per heavy atom. The van der Waals surface area contributed by atoms with Crippen molar-refractivity contribution in [2.24, 2.45) is 0 Å². The number of hydrogen-bond acceptors (Lipinski definition) is 2.